The van der Waals surface area contributed by atoms with E-state index in [4.69, 9.17) is 9.15 Å². The maximum atomic E-state index is 12.3. The summed E-state index contributed by atoms with van der Waals surface area (Å²) in [7, 11) is 1.10. The monoisotopic (exact) mass is 439 g/mol. The largest absolute Gasteiger partial charge is 0.486 e. The van der Waals surface area contributed by atoms with Gasteiger partial charge in [-0.05, 0) is 30.3 Å². The van der Waals surface area contributed by atoms with Crippen LogP contribution in [0.4, 0.5) is 5.69 Å². The Hall–Kier alpha value is -4.67. The number of nitro groups is 1. The van der Waals surface area contributed by atoms with Crippen LogP contribution >= 0.6 is 0 Å². The Kier molecular flexibility index (Phi) is 6.81. The molecule has 0 saturated heterocycles. The third-order valence-corrected chi connectivity index (χ3v) is 4.11. The molecule has 3 aromatic rings. The Balaban J connectivity index is 1.62. The van der Waals surface area contributed by atoms with E-state index in [9.17, 15) is 24.5 Å². The number of esters is 1. The predicted octanol–water partition coefficient (Wildman–Crippen LogP) is 2.63. The highest BCUT2D eigenvalue weighted by Gasteiger charge is 2.19. The topological polar surface area (TPSA) is 150 Å². The summed E-state index contributed by atoms with van der Waals surface area (Å²) >= 11 is 0. The van der Waals surface area contributed by atoms with Crippen molar-refractivity contribution in [1.82, 2.24) is 10.9 Å². The third-order valence-electron chi connectivity index (χ3n) is 4.11. The van der Waals surface area contributed by atoms with Crippen molar-refractivity contribution in [3.05, 3.63) is 93.4 Å². The lowest BCUT2D eigenvalue weighted by molar-refractivity contribution is -0.384. The van der Waals surface area contributed by atoms with Gasteiger partial charge in [-0.1, -0.05) is 18.2 Å². The van der Waals surface area contributed by atoms with Gasteiger partial charge in [-0.3, -0.25) is 30.6 Å². The summed E-state index contributed by atoms with van der Waals surface area (Å²) in [6.07, 6.45) is 0. The minimum Gasteiger partial charge on any atom is -0.486 e. The molecule has 0 saturated carbocycles. The number of hydrazine groups is 1. The van der Waals surface area contributed by atoms with Gasteiger partial charge in [0.05, 0.1) is 17.6 Å². The van der Waals surface area contributed by atoms with Crippen LogP contribution in [0, 0.1) is 10.1 Å². The van der Waals surface area contributed by atoms with Crippen LogP contribution in [0.25, 0.3) is 0 Å². The van der Waals surface area contributed by atoms with Gasteiger partial charge in [0.1, 0.15) is 18.1 Å². The van der Waals surface area contributed by atoms with E-state index in [1.807, 2.05) is 18.2 Å². The summed E-state index contributed by atoms with van der Waals surface area (Å²) < 4.78 is 15.4. The number of carbonyl (C=O) groups excluding carboxylic acids is 3. The number of methoxy groups -OCH3 is 1. The number of nitrogens with zero attached hydrogens (tertiary/aromatic N) is 1. The van der Waals surface area contributed by atoms with E-state index in [1.165, 1.54) is 6.07 Å². The summed E-state index contributed by atoms with van der Waals surface area (Å²) in [6, 6.07) is 15.0. The van der Waals surface area contributed by atoms with Gasteiger partial charge in [0, 0.05) is 17.7 Å². The number of ether oxygens (including phenoxy) is 2. The number of hydrogen-bond acceptors (Lipinski definition) is 8. The van der Waals surface area contributed by atoms with Crippen molar-refractivity contribution in [2.45, 2.75) is 6.61 Å². The number of non-ortho nitro benzene ring substituents is 1. The van der Waals surface area contributed by atoms with Crippen molar-refractivity contribution in [3.63, 3.8) is 0 Å². The molecule has 0 bridgehead atoms. The molecule has 164 valence electrons. The van der Waals surface area contributed by atoms with Gasteiger partial charge in [0.15, 0.2) is 5.76 Å². The summed E-state index contributed by atoms with van der Waals surface area (Å²) in [5.74, 6) is -1.58. The van der Waals surface area contributed by atoms with Crippen LogP contribution in [0.1, 0.15) is 37.0 Å². The molecule has 0 aliphatic rings. The van der Waals surface area contributed by atoms with E-state index in [-0.39, 0.29) is 23.5 Å². The molecule has 11 nitrogen and oxygen atoms in total. The lowest BCUT2D eigenvalue weighted by atomic mass is 10.1. The van der Waals surface area contributed by atoms with E-state index in [0.29, 0.717) is 11.5 Å². The first-order chi connectivity index (χ1) is 15.4. The van der Waals surface area contributed by atoms with E-state index in [1.54, 1.807) is 18.2 Å². The van der Waals surface area contributed by atoms with E-state index in [2.05, 4.69) is 15.6 Å². The molecule has 0 unspecified atom stereocenters. The van der Waals surface area contributed by atoms with Gasteiger partial charge < -0.3 is 13.9 Å². The number of nitro benzene ring substituents is 1. The number of benzene rings is 2. The lowest BCUT2D eigenvalue weighted by Gasteiger charge is -2.07. The second kappa shape index (κ2) is 9.89. The second-order valence-corrected chi connectivity index (χ2v) is 6.29. The van der Waals surface area contributed by atoms with E-state index < -0.39 is 28.4 Å². The normalized spacial score (nSPS) is 10.2. The zero-order valence-electron chi connectivity index (χ0n) is 16.7. The molecule has 3 rings (SSSR count). The first-order valence-corrected chi connectivity index (χ1v) is 9.12. The highest BCUT2D eigenvalue weighted by atomic mass is 16.6. The Bertz CT molecular complexity index is 1160. The Labute approximate surface area is 181 Å². The molecule has 0 fully saturated rings. The SMILES string of the molecule is COC(=O)c1cc(C(=O)NNC(=O)c2ccc(COc3ccccc3)o2)cc([N+](=O)[O-])c1. The van der Waals surface area contributed by atoms with Gasteiger partial charge in [0.2, 0.25) is 0 Å². The standard InChI is InChI=1S/C21H17N3O8/c1-30-21(27)14-9-13(10-15(11-14)24(28)29)19(25)22-23-20(26)18-8-7-17(32-18)12-31-16-5-3-2-4-6-16/h2-11H,12H2,1H3,(H,22,25)(H,23,26). The smallest absolute Gasteiger partial charge is 0.338 e. The number of rotatable bonds is 7. The molecule has 11 heteroatoms. The molecule has 2 aromatic carbocycles. The van der Waals surface area contributed by atoms with Crippen molar-refractivity contribution in [3.8, 4) is 5.75 Å². The van der Waals surface area contributed by atoms with Gasteiger partial charge in [-0.25, -0.2) is 4.79 Å². The Morgan fingerprint density at radius 2 is 1.66 bits per heavy atom. The van der Waals surface area contributed by atoms with Crippen LogP contribution in [-0.2, 0) is 11.3 Å². The number of furan rings is 1. The van der Waals surface area contributed by atoms with Gasteiger partial charge >= 0.3 is 11.9 Å². The molecule has 0 radical (unpaired) electrons. The summed E-state index contributed by atoms with van der Waals surface area (Å²) in [4.78, 5) is 46.6. The molecule has 0 atom stereocenters. The van der Waals surface area contributed by atoms with E-state index >= 15 is 0 Å². The van der Waals surface area contributed by atoms with Gasteiger partial charge in [-0.2, -0.15) is 0 Å². The molecule has 1 heterocycles. The highest BCUT2D eigenvalue weighted by molar-refractivity contribution is 6.00. The molecule has 2 N–H and O–H groups in total. The van der Waals surface area contributed by atoms with Crippen LogP contribution in [0.5, 0.6) is 5.75 Å². The summed E-state index contributed by atoms with van der Waals surface area (Å²) in [5, 5.41) is 11.1. The van der Waals surface area contributed by atoms with Crippen molar-refractivity contribution in [2.24, 2.45) is 0 Å². The number of carbonyl (C=O) groups is 3. The zero-order valence-corrected chi connectivity index (χ0v) is 16.7. The molecule has 1 aromatic heterocycles. The second-order valence-electron chi connectivity index (χ2n) is 6.29. The quantitative estimate of drug-likeness (QED) is 0.324. The van der Waals surface area contributed by atoms with E-state index in [0.717, 1.165) is 25.3 Å². The van der Waals surface area contributed by atoms with Crippen molar-refractivity contribution in [1.29, 1.82) is 0 Å². The molecular weight excluding hydrogens is 422 g/mol. The fourth-order valence-corrected chi connectivity index (χ4v) is 2.58. The van der Waals surface area contributed by atoms with Gasteiger partial charge in [-0.15, -0.1) is 0 Å². The fraction of sp³-hybridized carbons (Fsp3) is 0.0952. The van der Waals surface area contributed by atoms with Crippen LogP contribution in [0.2, 0.25) is 0 Å². The summed E-state index contributed by atoms with van der Waals surface area (Å²) in [5.41, 5.74) is 3.35. The van der Waals surface area contributed by atoms with Crippen molar-refractivity contribution < 1.29 is 33.2 Å². The molecule has 2 amide bonds. The first kappa shape index (κ1) is 22.0. The average Bonchev–Trinajstić information content (AvgIpc) is 3.30. The number of para-hydroxylation sites is 1. The zero-order chi connectivity index (χ0) is 23.1. The lowest BCUT2D eigenvalue weighted by Crippen LogP contribution is -2.41. The number of hydrogen-bond donors (Lipinski definition) is 2. The highest BCUT2D eigenvalue weighted by Crippen LogP contribution is 2.18. The molecule has 32 heavy (non-hydrogen) atoms. The van der Waals surface area contributed by atoms with Crippen LogP contribution in [0.15, 0.2) is 65.1 Å². The van der Waals surface area contributed by atoms with Crippen molar-refractivity contribution >= 4 is 23.5 Å². The number of nitrogens with one attached hydrogen (secondary N) is 2. The van der Waals surface area contributed by atoms with Crippen LogP contribution in [-0.4, -0.2) is 29.8 Å². The third kappa shape index (κ3) is 5.48. The number of amides is 2. The Morgan fingerprint density at radius 1 is 0.969 bits per heavy atom. The van der Waals surface area contributed by atoms with Gasteiger partial charge in [0.25, 0.3) is 11.6 Å². The Morgan fingerprint density at radius 3 is 2.34 bits per heavy atom. The molecular formula is C21H17N3O8. The van der Waals surface area contributed by atoms with Crippen LogP contribution in [0.3, 0.4) is 0 Å². The average molecular weight is 439 g/mol. The maximum absolute atomic E-state index is 12.3. The fourth-order valence-electron chi connectivity index (χ4n) is 2.58. The minimum absolute atomic E-state index is 0.0909. The summed E-state index contributed by atoms with van der Waals surface area (Å²) in [6.45, 7) is 0.0909. The molecule has 0 spiro atoms. The van der Waals surface area contributed by atoms with Crippen LogP contribution < -0.4 is 15.6 Å². The maximum Gasteiger partial charge on any atom is 0.338 e. The molecule has 0 aliphatic carbocycles. The molecule has 0 aliphatic heterocycles. The first-order valence-electron chi connectivity index (χ1n) is 9.12. The van der Waals surface area contributed by atoms with Crippen molar-refractivity contribution in [2.75, 3.05) is 7.11 Å². The minimum atomic E-state index is -0.883. The predicted molar refractivity (Wildman–Crippen MR) is 109 cm³/mol.